The number of nitrogens with zero attached hydrogens (tertiary/aromatic N) is 4. The summed E-state index contributed by atoms with van der Waals surface area (Å²) in [6, 6.07) is 12.1. The van der Waals surface area contributed by atoms with E-state index in [0.717, 1.165) is 28.4 Å². The highest BCUT2D eigenvalue weighted by atomic mass is 15.2. The molecule has 0 aliphatic carbocycles. The molecule has 5 nitrogen and oxygen atoms in total. The molecule has 0 spiro atoms. The number of hydrogen-bond donors (Lipinski definition) is 1. The van der Waals surface area contributed by atoms with Crippen molar-refractivity contribution in [3.8, 4) is 0 Å². The van der Waals surface area contributed by atoms with E-state index in [1.165, 1.54) is 0 Å². The van der Waals surface area contributed by atoms with Crippen LogP contribution in [0.5, 0.6) is 0 Å². The van der Waals surface area contributed by atoms with Crippen LogP contribution in [0, 0.1) is 0 Å². The Bertz CT molecular complexity index is 760. The van der Waals surface area contributed by atoms with Gasteiger partial charge in [-0.15, -0.1) is 0 Å². The number of aromatic nitrogens is 3. The molecule has 0 saturated carbocycles. The first-order valence-corrected chi connectivity index (χ1v) is 6.93. The molecule has 3 rings (SSSR count). The van der Waals surface area contributed by atoms with Crippen LogP contribution in [0.15, 0.2) is 42.6 Å². The second-order valence-electron chi connectivity index (χ2n) is 5.20. The summed E-state index contributed by atoms with van der Waals surface area (Å²) in [5.74, 6) is 1.93. The number of nitrogens with one attached hydrogen (secondary N) is 1. The zero-order chi connectivity index (χ0) is 14.8. The Morgan fingerprint density at radius 2 is 1.95 bits per heavy atom. The van der Waals surface area contributed by atoms with E-state index < -0.39 is 0 Å². The van der Waals surface area contributed by atoms with E-state index in [1.54, 1.807) is 6.20 Å². The van der Waals surface area contributed by atoms with Gasteiger partial charge in [0.05, 0.1) is 23.3 Å². The van der Waals surface area contributed by atoms with E-state index >= 15 is 0 Å². The van der Waals surface area contributed by atoms with Crippen LogP contribution in [0.25, 0.3) is 11.0 Å². The highest BCUT2D eigenvalue weighted by Gasteiger charge is 2.09. The van der Waals surface area contributed by atoms with Gasteiger partial charge in [0.1, 0.15) is 5.82 Å². The highest BCUT2D eigenvalue weighted by Crippen LogP contribution is 2.21. The van der Waals surface area contributed by atoms with E-state index in [4.69, 9.17) is 0 Å². The van der Waals surface area contributed by atoms with Crippen molar-refractivity contribution in [1.82, 2.24) is 14.5 Å². The van der Waals surface area contributed by atoms with Crippen molar-refractivity contribution in [1.29, 1.82) is 0 Å². The second kappa shape index (κ2) is 5.44. The molecule has 3 aromatic rings. The Morgan fingerprint density at radius 1 is 1.14 bits per heavy atom. The maximum absolute atomic E-state index is 4.67. The number of para-hydroxylation sites is 2. The fraction of sp³-hybridized carbons (Fsp3) is 0.250. The number of anilines is 2. The zero-order valence-corrected chi connectivity index (χ0v) is 12.5. The van der Waals surface area contributed by atoms with Gasteiger partial charge in [0.15, 0.2) is 5.82 Å². The minimum Gasteiger partial charge on any atom is -0.375 e. The van der Waals surface area contributed by atoms with Crippen LogP contribution in [0.1, 0.15) is 5.82 Å². The molecule has 0 aliphatic rings. The lowest BCUT2D eigenvalue weighted by Gasteiger charge is -2.16. The largest absolute Gasteiger partial charge is 0.375 e. The first-order valence-electron chi connectivity index (χ1n) is 6.93. The van der Waals surface area contributed by atoms with Gasteiger partial charge < -0.3 is 14.8 Å². The standard InChI is InChI=1S/C16H19N5/c1-20(2)16-13(8-6-10-17-16)18-11-15-19-12-7-4-5-9-14(12)21(15)3/h4-10,18H,11H2,1-3H3. The van der Waals surface area contributed by atoms with E-state index in [-0.39, 0.29) is 0 Å². The maximum Gasteiger partial charge on any atom is 0.151 e. The Labute approximate surface area is 124 Å². The monoisotopic (exact) mass is 281 g/mol. The number of pyridine rings is 1. The van der Waals surface area contributed by atoms with Crippen molar-refractivity contribution in [2.24, 2.45) is 7.05 Å². The molecule has 0 fully saturated rings. The lowest BCUT2D eigenvalue weighted by atomic mass is 10.3. The van der Waals surface area contributed by atoms with Crippen molar-refractivity contribution in [3.05, 3.63) is 48.4 Å². The summed E-state index contributed by atoms with van der Waals surface area (Å²) in [6.07, 6.45) is 1.80. The summed E-state index contributed by atoms with van der Waals surface area (Å²) in [7, 11) is 6.02. The smallest absolute Gasteiger partial charge is 0.151 e. The molecule has 1 aromatic carbocycles. The van der Waals surface area contributed by atoms with Gasteiger partial charge in [-0.2, -0.15) is 0 Å². The summed E-state index contributed by atoms with van der Waals surface area (Å²) in [4.78, 5) is 11.1. The van der Waals surface area contributed by atoms with E-state index in [1.807, 2.05) is 56.4 Å². The van der Waals surface area contributed by atoms with Gasteiger partial charge in [-0.3, -0.25) is 0 Å². The van der Waals surface area contributed by atoms with Crippen LogP contribution >= 0.6 is 0 Å². The maximum atomic E-state index is 4.67. The molecular formula is C16H19N5. The van der Waals surface area contributed by atoms with E-state index in [0.29, 0.717) is 6.54 Å². The fourth-order valence-corrected chi connectivity index (χ4v) is 2.42. The average molecular weight is 281 g/mol. The normalized spacial score (nSPS) is 10.8. The number of benzene rings is 1. The zero-order valence-electron chi connectivity index (χ0n) is 12.5. The Balaban J connectivity index is 1.85. The van der Waals surface area contributed by atoms with Gasteiger partial charge in [0.2, 0.25) is 0 Å². The molecule has 108 valence electrons. The van der Waals surface area contributed by atoms with Gasteiger partial charge in [-0.25, -0.2) is 9.97 Å². The van der Waals surface area contributed by atoms with Crippen LogP contribution in [-0.2, 0) is 13.6 Å². The first-order chi connectivity index (χ1) is 10.2. The minimum absolute atomic E-state index is 0.664. The minimum atomic E-state index is 0.664. The fourth-order valence-electron chi connectivity index (χ4n) is 2.42. The SMILES string of the molecule is CN(C)c1ncccc1NCc1nc2ccccc2n1C. The van der Waals surface area contributed by atoms with Gasteiger partial charge in [0, 0.05) is 27.3 Å². The summed E-state index contributed by atoms with van der Waals surface area (Å²) < 4.78 is 2.12. The number of rotatable bonds is 4. The van der Waals surface area contributed by atoms with Crippen LogP contribution in [0.3, 0.4) is 0 Å². The highest BCUT2D eigenvalue weighted by molar-refractivity contribution is 5.76. The first kappa shape index (κ1) is 13.4. The molecule has 0 atom stereocenters. The molecule has 0 saturated heterocycles. The third kappa shape index (κ3) is 2.54. The molecule has 0 unspecified atom stereocenters. The molecule has 0 bridgehead atoms. The Morgan fingerprint density at radius 3 is 2.71 bits per heavy atom. The molecule has 0 amide bonds. The summed E-state index contributed by atoms with van der Waals surface area (Å²) >= 11 is 0. The molecule has 5 heteroatoms. The van der Waals surface area contributed by atoms with E-state index in [9.17, 15) is 0 Å². The predicted molar refractivity (Wildman–Crippen MR) is 86.6 cm³/mol. The molecule has 0 aliphatic heterocycles. The third-order valence-electron chi connectivity index (χ3n) is 3.53. The Hall–Kier alpha value is -2.56. The van der Waals surface area contributed by atoms with Crippen LogP contribution < -0.4 is 10.2 Å². The Kier molecular flexibility index (Phi) is 3.48. The molecule has 21 heavy (non-hydrogen) atoms. The molecule has 2 aromatic heterocycles. The summed E-state index contributed by atoms with van der Waals surface area (Å²) in [6.45, 7) is 0.664. The van der Waals surface area contributed by atoms with Crippen molar-refractivity contribution >= 4 is 22.5 Å². The number of aryl methyl sites for hydroxylation is 1. The molecule has 1 N–H and O–H groups in total. The average Bonchev–Trinajstić information content (AvgIpc) is 2.82. The molecule has 2 heterocycles. The van der Waals surface area contributed by atoms with Gasteiger partial charge in [-0.1, -0.05) is 12.1 Å². The number of imidazole rings is 1. The van der Waals surface area contributed by atoms with E-state index in [2.05, 4.69) is 25.9 Å². The molecule has 0 radical (unpaired) electrons. The number of hydrogen-bond acceptors (Lipinski definition) is 4. The van der Waals surface area contributed by atoms with Gasteiger partial charge >= 0.3 is 0 Å². The predicted octanol–water partition coefficient (Wildman–Crippen LogP) is 2.65. The quantitative estimate of drug-likeness (QED) is 0.798. The third-order valence-corrected chi connectivity index (χ3v) is 3.53. The topological polar surface area (TPSA) is 46.0 Å². The van der Waals surface area contributed by atoms with Gasteiger partial charge in [-0.05, 0) is 24.3 Å². The van der Waals surface area contributed by atoms with Crippen LogP contribution in [-0.4, -0.2) is 28.6 Å². The van der Waals surface area contributed by atoms with Crippen molar-refractivity contribution in [2.75, 3.05) is 24.3 Å². The van der Waals surface area contributed by atoms with Crippen molar-refractivity contribution < 1.29 is 0 Å². The van der Waals surface area contributed by atoms with Crippen LogP contribution in [0.4, 0.5) is 11.5 Å². The lowest BCUT2D eigenvalue weighted by molar-refractivity contribution is 0.833. The summed E-state index contributed by atoms with van der Waals surface area (Å²) in [5, 5.41) is 3.43. The summed E-state index contributed by atoms with van der Waals surface area (Å²) in [5.41, 5.74) is 3.18. The second-order valence-corrected chi connectivity index (χ2v) is 5.20. The number of fused-ring (bicyclic) bond motifs is 1. The van der Waals surface area contributed by atoms with Crippen molar-refractivity contribution in [2.45, 2.75) is 6.54 Å². The molecular weight excluding hydrogens is 262 g/mol. The van der Waals surface area contributed by atoms with Crippen LogP contribution in [0.2, 0.25) is 0 Å². The lowest BCUT2D eigenvalue weighted by Crippen LogP contribution is -2.14. The van der Waals surface area contributed by atoms with Gasteiger partial charge in [0.25, 0.3) is 0 Å². The van der Waals surface area contributed by atoms with Crippen molar-refractivity contribution in [3.63, 3.8) is 0 Å².